The molecule has 1 aliphatic rings. The highest BCUT2D eigenvalue weighted by atomic mass is 16.5. The van der Waals surface area contributed by atoms with Crippen molar-refractivity contribution in [3.63, 3.8) is 0 Å². The van der Waals surface area contributed by atoms with Crippen LogP contribution in [0.4, 0.5) is 5.69 Å². The van der Waals surface area contributed by atoms with Crippen LogP contribution in [-0.2, 0) is 9.59 Å². The van der Waals surface area contributed by atoms with Gasteiger partial charge >= 0.3 is 0 Å². The summed E-state index contributed by atoms with van der Waals surface area (Å²) in [6, 6.07) is 7.49. The van der Waals surface area contributed by atoms with Crippen LogP contribution < -0.4 is 15.0 Å². The average Bonchev–Trinajstić information content (AvgIpc) is 2.97. The average molecular weight is 332 g/mol. The fourth-order valence-corrected chi connectivity index (χ4v) is 2.76. The highest BCUT2D eigenvalue weighted by Crippen LogP contribution is 2.23. The Bertz CT molecular complexity index is 554. The minimum Gasteiger partial charge on any atom is -0.484 e. The second kappa shape index (κ2) is 8.71. The Morgan fingerprint density at radius 1 is 1.21 bits per heavy atom. The first-order valence-corrected chi connectivity index (χ1v) is 8.78. The standard InChI is InChI=1S/C19H28N2O3/c1-14(2)6-7-15(3)20-18(22)13-24-17-10-8-16(9-11-17)21-12-4-5-19(21)23/h8-11,14-15H,4-7,12-13H2,1-3H3,(H,20,22). The van der Waals surface area contributed by atoms with Crippen LogP contribution in [0.25, 0.3) is 0 Å². The molecule has 1 aromatic rings. The number of anilines is 1. The Balaban J connectivity index is 1.75. The third kappa shape index (κ3) is 5.55. The fourth-order valence-electron chi connectivity index (χ4n) is 2.76. The molecule has 5 heteroatoms. The molecular weight excluding hydrogens is 304 g/mol. The van der Waals surface area contributed by atoms with Crippen LogP contribution >= 0.6 is 0 Å². The van der Waals surface area contributed by atoms with Gasteiger partial charge in [0.05, 0.1) is 0 Å². The molecule has 0 spiro atoms. The Kier molecular flexibility index (Phi) is 6.64. The van der Waals surface area contributed by atoms with Crippen LogP contribution in [0.5, 0.6) is 5.75 Å². The zero-order valence-electron chi connectivity index (χ0n) is 14.9. The van der Waals surface area contributed by atoms with Gasteiger partial charge in [0.2, 0.25) is 5.91 Å². The zero-order chi connectivity index (χ0) is 17.5. The van der Waals surface area contributed by atoms with Gasteiger partial charge in [0.15, 0.2) is 6.61 Å². The molecule has 1 aromatic carbocycles. The molecule has 24 heavy (non-hydrogen) atoms. The second-order valence-electron chi connectivity index (χ2n) is 6.87. The normalized spacial score (nSPS) is 15.7. The predicted octanol–water partition coefficient (Wildman–Crippen LogP) is 3.13. The maximum atomic E-state index is 11.9. The van der Waals surface area contributed by atoms with E-state index in [0.717, 1.165) is 31.5 Å². The molecule has 1 N–H and O–H groups in total. The molecule has 1 heterocycles. The van der Waals surface area contributed by atoms with Crippen molar-refractivity contribution in [3.05, 3.63) is 24.3 Å². The van der Waals surface area contributed by atoms with Gasteiger partial charge in [-0.2, -0.15) is 0 Å². The molecule has 0 aromatic heterocycles. The van der Waals surface area contributed by atoms with E-state index in [9.17, 15) is 9.59 Å². The van der Waals surface area contributed by atoms with E-state index >= 15 is 0 Å². The first-order chi connectivity index (χ1) is 11.5. The zero-order valence-corrected chi connectivity index (χ0v) is 14.9. The summed E-state index contributed by atoms with van der Waals surface area (Å²) >= 11 is 0. The lowest BCUT2D eigenvalue weighted by Gasteiger charge is -2.17. The first kappa shape index (κ1) is 18.3. The SMILES string of the molecule is CC(C)CCC(C)NC(=O)COc1ccc(N2CCCC2=O)cc1. The van der Waals surface area contributed by atoms with E-state index in [1.54, 1.807) is 17.0 Å². The number of hydrogen-bond donors (Lipinski definition) is 1. The number of nitrogens with zero attached hydrogens (tertiary/aromatic N) is 1. The van der Waals surface area contributed by atoms with Crippen molar-refractivity contribution < 1.29 is 14.3 Å². The number of carbonyl (C=O) groups excluding carboxylic acids is 2. The molecular formula is C19H28N2O3. The summed E-state index contributed by atoms with van der Waals surface area (Å²) < 4.78 is 5.52. The molecule has 0 saturated carbocycles. The molecule has 2 amide bonds. The van der Waals surface area contributed by atoms with Gasteiger partial charge in [0, 0.05) is 24.7 Å². The highest BCUT2D eigenvalue weighted by Gasteiger charge is 2.21. The van der Waals surface area contributed by atoms with E-state index in [1.165, 1.54) is 0 Å². The summed E-state index contributed by atoms with van der Waals surface area (Å²) in [6.07, 6.45) is 3.60. The summed E-state index contributed by atoms with van der Waals surface area (Å²) in [6.45, 7) is 7.15. The number of hydrogen-bond acceptors (Lipinski definition) is 3. The van der Waals surface area contributed by atoms with Crippen molar-refractivity contribution in [2.24, 2.45) is 5.92 Å². The van der Waals surface area contributed by atoms with E-state index in [-0.39, 0.29) is 24.5 Å². The van der Waals surface area contributed by atoms with Crippen LogP contribution in [-0.4, -0.2) is 31.0 Å². The quantitative estimate of drug-likeness (QED) is 0.795. The molecule has 1 fully saturated rings. The van der Waals surface area contributed by atoms with Crippen molar-refractivity contribution in [2.75, 3.05) is 18.1 Å². The largest absolute Gasteiger partial charge is 0.484 e. The number of amides is 2. The summed E-state index contributed by atoms with van der Waals surface area (Å²) in [5, 5.41) is 2.95. The van der Waals surface area contributed by atoms with Crippen LogP contribution in [0.1, 0.15) is 46.5 Å². The van der Waals surface area contributed by atoms with Crippen molar-refractivity contribution in [1.29, 1.82) is 0 Å². The summed E-state index contributed by atoms with van der Waals surface area (Å²) in [5.41, 5.74) is 0.886. The maximum Gasteiger partial charge on any atom is 0.258 e. The molecule has 1 atom stereocenters. The highest BCUT2D eigenvalue weighted by molar-refractivity contribution is 5.95. The maximum absolute atomic E-state index is 11.9. The van der Waals surface area contributed by atoms with Crippen molar-refractivity contribution >= 4 is 17.5 Å². The monoisotopic (exact) mass is 332 g/mol. The van der Waals surface area contributed by atoms with Gasteiger partial charge in [0.25, 0.3) is 5.91 Å². The molecule has 1 saturated heterocycles. The molecule has 5 nitrogen and oxygen atoms in total. The van der Waals surface area contributed by atoms with Gasteiger partial charge < -0.3 is 15.0 Å². The lowest BCUT2D eigenvalue weighted by Crippen LogP contribution is -2.36. The van der Waals surface area contributed by atoms with Gasteiger partial charge in [-0.1, -0.05) is 13.8 Å². The molecule has 0 aliphatic carbocycles. The van der Waals surface area contributed by atoms with E-state index < -0.39 is 0 Å². The van der Waals surface area contributed by atoms with Crippen LogP contribution in [0.15, 0.2) is 24.3 Å². The fraction of sp³-hybridized carbons (Fsp3) is 0.579. The van der Waals surface area contributed by atoms with Crippen molar-refractivity contribution in [2.45, 2.75) is 52.5 Å². The van der Waals surface area contributed by atoms with Crippen LogP contribution in [0, 0.1) is 5.92 Å². The topological polar surface area (TPSA) is 58.6 Å². The Hall–Kier alpha value is -2.04. The molecule has 0 radical (unpaired) electrons. The smallest absolute Gasteiger partial charge is 0.258 e. The number of rotatable bonds is 8. The summed E-state index contributed by atoms with van der Waals surface area (Å²) in [5.74, 6) is 1.33. The minimum absolute atomic E-state index is 0.00795. The Labute approximate surface area is 144 Å². The van der Waals surface area contributed by atoms with Crippen LogP contribution in [0.2, 0.25) is 0 Å². The molecule has 1 aliphatic heterocycles. The lowest BCUT2D eigenvalue weighted by molar-refractivity contribution is -0.123. The number of benzene rings is 1. The minimum atomic E-state index is -0.106. The van der Waals surface area contributed by atoms with Gasteiger partial charge in [-0.05, 0) is 56.4 Å². The number of carbonyl (C=O) groups is 2. The predicted molar refractivity (Wildman–Crippen MR) is 95.2 cm³/mol. The van der Waals surface area contributed by atoms with Gasteiger partial charge in [0.1, 0.15) is 5.75 Å². The van der Waals surface area contributed by atoms with E-state index in [4.69, 9.17) is 4.74 Å². The van der Waals surface area contributed by atoms with Crippen LogP contribution in [0.3, 0.4) is 0 Å². The van der Waals surface area contributed by atoms with E-state index in [2.05, 4.69) is 19.2 Å². The lowest BCUT2D eigenvalue weighted by atomic mass is 10.0. The first-order valence-electron chi connectivity index (χ1n) is 8.78. The summed E-state index contributed by atoms with van der Waals surface area (Å²) in [4.78, 5) is 25.4. The van der Waals surface area contributed by atoms with Gasteiger partial charge in [-0.15, -0.1) is 0 Å². The van der Waals surface area contributed by atoms with Gasteiger partial charge in [-0.3, -0.25) is 9.59 Å². The second-order valence-corrected chi connectivity index (χ2v) is 6.87. The van der Waals surface area contributed by atoms with Crippen molar-refractivity contribution in [3.8, 4) is 5.75 Å². The number of nitrogens with one attached hydrogen (secondary N) is 1. The third-order valence-electron chi connectivity index (χ3n) is 4.18. The number of ether oxygens (including phenoxy) is 1. The molecule has 1 unspecified atom stereocenters. The van der Waals surface area contributed by atoms with Crippen molar-refractivity contribution in [1.82, 2.24) is 5.32 Å². The molecule has 0 bridgehead atoms. The van der Waals surface area contributed by atoms with Gasteiger partial charge in [-0.25, -0.2) is 0 Å². The summed E-state index contributed by atoms with van der Waals surface area (Å²) in [7, 11) is 0. The third-order valence-corrected chi connectivity index (χ3v) is 4.18. The molecule has 2 rings (SSSR count). The van der Waals surface area contributed by atoms with E-state index in [1.807, 2.05) is 19.1 Å². The Morgan fingerprint density at radius 2 is 1.92 bits per heavy atom. The van der Waals surface area contributed by atoms with E-state index in [0.29, 0.717) is 18.1 Å². The molecule has 132 valence electrons. The Morgan fingerprint density at radius 3 is 2.50 bits per heavy atom.